The second-order valence-electron chi connectivity index (χ2n) is 8.15. The van der Waals surface area contributed by atoms with Crippen molar-refractivity contribution >= 4 is 34.6 Å². The summed E-state index contributed by atoms with van der Waals surface area (Å²) in [7, 11) is 0. The molecule has 2 N–H and O–H groups in total. The van der Waals surface area contributed by atoms with Gasteiger partial charge in [0, 0.05) is 35.3 Å². The van der Waals surface area contributed by atoms with E-state index in [1.807, 2.05) is 61.2 Å². The molecule has 3 rings (SSSR count). The van der Waals surface area contributed by atoms with E-state index in [2.05, 4.69) is 15.6 Å². The highest BCUT2D eigenvalue weighted by Crippen LogP contribution is 2.25. The summed E-state index contributed by atoms with van der Waals surface area (Å²) in [6, 6.07) is 9.57. The smallest absolute Gasteiger partial charge is 0.253 e. The van der Waals surface area contributed by atoms with Gasteiger partial charge in [-0.25, -0.2) is 4.98 Å². The fourth-order valence-corrected chi connectivity index (χ4v) is 3.64. The van der Waals surface area contributed by atoms with Crippen LogP contribution < -0.4 is 10.6 Å². The first-order valence-corrected chi connectivity index (χ1v) is 10.9. The van der Waals surface area contributed by atoms with Crippen molar-refractivity contribution in [3.8, 4) is 11.3 Å². The minimum atomic E-state index is -0.339. The lowest BCUT2D eigenvalue weighted by atomic mass is 10.1. The summed E-state index contributed by atoms with van der Waals surface area (Å²) in [4.78, 5) is 39.4. The zero-order valence-electron chi connectivity index (χ0n) is 17.8. The molecule has 0 aliphatic rings. The first-order valence-electron chi connectivity index (χ1n) is 10.0. The van der Waals surface area contributed by atoms with Gasteiger partial charge in [-0.1, -0.05) is 24.3 Å². The number of aryl methyl sites for hydroxylation is 1. The molecule has 0 saturated carbocycles. The lowest BCUT2D eigenvalue weighted by Gasteiger charge is -2.20. The first kappa shape index (κ1) is 22.4. The van der Waals surface area contributed by atoms with Crippen LogP contribution in [0.3, 0.4) is 0 Å². The maximum Gasteiger partial charge on any atom is 0.253 e. The Bertz CT molecular complexity index is 1060. The van der Waals surface area contributed by atoms with E-state index < -0.39 is 0 Å². The minimum absolute atomic E-state index is 0.117. The number of nitrogens with zero attached hydrogens (tertiary/aromatic N) is 2. The van der Waals surface area contributed by atoms with E-state index in [4.69, 9.17) is 0 Å². The number of amides is 2. The van der Waals surface area contributed by atoms with Crippen LogP contribution in [0.5, 0.6) is 0 Å². The normalized spacial score (nSPS) is 11.2. The molecule has 0 aliphatic heterocycles. The number of rotatable bonds is 8. The van der Waals surface area contributed by atoms with Crippen LogP contribution in [0.25, 0.3) is 11.3 Å². The van der Waals surface area contributed by atoms with Crippen molar-refractivity contribution < 1.29 is 14.4 Å². The maximum atomic E-state index is 12.3. The van der Waals surface area contributed by atoms with E-state index in [0.29, 0.717) is 17.1 Å². The van der Waals surface area contributed by atoms with Crippen molar-refractivity contribution in [3.63, 3.8) is 0 Å². The number of thiazole rings is 1. The first-order chi connectivity index (χ1) is 14.8. The topological polar surface area (TPSA) is 93.1 Å². The van der Waals surface area contributed by atoms with E-state index >= 15 is 0 Å². The van der Waals surface area contributed by atoms with Gasteiger partial charge in [-0.15, -0.1) is 11.3 Å². The summed E-state index contributed by atoms with van der Waals surface area (Å²) in [5.41, 5.74) is 3.18. The number of carbonyl (C=O) groups is 3. The average Bonchev–Trinajstić information content (AvgIpc) is 3.41. The Morgan fingerprint density at radius 3 is 2.55 bits per heavy atom. The standard InChI is InChI=1S/C23H26N4O3S/c1-23(2,3)27-11-10-18(14-27)21(30)24-13-20(29)26-22-25-19(15-31-22)17-8-6-16(7-9-17)5-4-12-28/h6-12,14-15H,4-5,13H2,1-3H3,(H,24,30)(H,25,26,29). The summed E-state index contributed by atoms with van der Waals surface area (Å²) in [5, 5.41) is 7.69. The van der Waals surface area contributed by atoms with E-state index in [9.17, 15) is 14.4 Å². The number of hydrogen-bond donors (Lipinski definition) is 2. The van der Waals surface area contributed by atoms with Crippen LogP contribution in [-0.2, 0) is 21.5 Å². The van der Waals surface area contributed by atoms with Crippen molar-refractivity contribution in [3.05, 3.63) is 59.2 Å². The van der Waals surface area contributed by atoms with Crippen LogP contribution in [0, 0.1) is 0 Å². The molecule has 8 heteroatoms. The van der Waals surface area contributed by atoms with Gasteiger partial charge < -0.3 is 20.0 Å². The van der Waals surface area contributed by atoms with Crippen molar-refractivity contribution in [1.29, 1.82) is 0 Å². The van der Waals surface area contributed by atoms with Gasteiger partial charge in [0.15, 0.2) is 5.13 Å². The number of hydrogen-bond acceptors (Lipinski definition) is 5. The average molecular weight is 439 g/mol. The molecule has 0 atom stereocenters. The van der Waals surface area contributed by atoms with Crippen molar-refractivity contribution in [1.82, 2.24) is 14.9 Å². The van der Waals surface area contributed by atoms with E-state index in [-0.39, 0.29) is 23.9 Å². The molecular weight excluding hydrogens is 412 g/mol. The van der Waals surface area contributed by atoms with Crippen LogP contribution >= 0.6 is 11.3 Å². The third-order valence-electron chi connectivity index (χ3n) is 4.69. The fourth-order valence-electron chi connectivity index (χ4n) is 2.91. The molecule has 0 bridgehead atoms. The number of nitrogens with one attached hydrogen (secondary N) is 2. The molecule has 2 heterocycles. The fraction of sp³-hybridized carbons (Fsp3) is 0.304. The lowest BCUT2D eigenvalue weighted by molar-refractivity contribution is -0.115. The van der Waals surface area contributed by atoms with Crippen LogP contribution in [0.15, 0.2) is 48.1 Å². The van der Waals surface area contributed by atoms with E-state index in [1.165, 1.54) is 11.3 Å². The van der Waals surface area contributed by atoms with E-state index in [0.717, 1.165) is 29.5 Å². The number of carbonyl (C=O) groups excluding carboxylic acids is 3. The van der Waals surface area contributed by atoms with Crippen molar-refractivity contribution in [2.75, 3.05) is 11.9 Å². The summed E-state index contributed by atoms with van der Waals surface area (Å²) >= 11 is 1.32. The molecule has 1 aromatic carbocycles. The number of aromatic nitrogens is 2. The SMILES string of the molecule is CC(C)(C)n1ccc(C(=O)NCC(=O)Nc2nc(-c3ccc(CCC=O)cc3)cs2)c1. The number of anilines is 1. The molecule has 0 spiro atoms. The second-order valence-corrected chi connectivity index (χ2v) is 9.01. The molecule has 7 nitrogen and oxygen atoms in total. The Morgan fingerprint density at radius 2 is 1.90 bits per heavy atom. The predicted molar refractivity (Wildman–Crippen MR) is 122 cm³/mol. The maximum absolute atomic E-state index is 12.3. The Hall–Kier alpha value is -3.26. The molecule has 3 aromatic rings. The summed E-state index contributed by atoms with van der Waals surface area (Å²) in [5.74, 6) is -0.638. The Labute approximate surface area is 185 Å². The van der Waals surface area contributed by atoms with E-state index in [1.54, 1.807) is 12.3 Å². The molecule has 0 saturated heterocycles. The van der Waals surface area contributed by atoms with Crippen molar-refractivity contribution in [2.24, 2.45) is 0 Å². The molecule has 2 amide bonds. The highest BCUT2D eigenvalue weighted by atomic mass is 32.1. The Kier molecular flexibility index (Phi) is 7.02. The predicted octanol–water partition coefficient (Wildman–Crippen LogP) is 3.87. The van der Waals surface area contributed by atoms with Gasteiger partial charge in [0.2, 0.25) is 5.91 Å². The molecule has 0 unspecified atom stereocenters. The highest BCUT2D eigenvalue weighted by molar-refractivity contribution is 7.14. The number of benzene rings is 1. The molecule has 2 aromatic heterocycles. The highest BCUT2D eigenvalue weighted by Gasteiger charge is 2.16. The third-order valence-corrected chi connectivity index (χ3v) is 5.45. The Balaban J connectivity index is 1.52. The van der Waals surface area contributed by atoms with Gasteiger partial charge in [-0.3, -0.25) is 9.59 Å². The molecule has 0 aliphatic carbocycles. The summed E-state index contributed by atoms with van der Waals surface area (Å²) in [6.07, 6.45) is 5.75. The zero-order chi connectivity index (χ0) is 22.4. The van der Waals surface area contributed by atoms with Gasteiger partial charge in [0.05, 0.1) is 17.8 Å². The van der Waals surface area contributed by atoms with Gasteiger partial charge in [-0.2, -0.15) is 0 Å². The van der Waals surface area contributed by atoms with Gasteiger partial charge >= 0.3 is 0 Å². The number of aldehydes is 1. The monoisotopic (exact) mass is 438 g/mol. The lowest BCUT2D eigenvalue weighted by Crippen LogP contribution is -2.32. The van der Waals surface area contributed by atoms with Gasteiger partial charge in [0.1, 0.15) is 6.29 Å². The van der Waals surface area contributed by atoms with Crippen LogP contribution in [-0.4, -0.2) is 34.2 Å². The third kappa shape index (κ3) is 6.11. The quantitative estimate of drug-likeness (QED) is 0.522. The van der Waals surface area contributed by atoms with Gasteiger partial charge in [-0.05, 0) is 38.8 Å². The molecule has 0 fully saturated rings. The summed E-state index contributed by atoms with van der Waals surface area (Å²) in [6.45, 7) is 6.01. The second kappa shape index (κ2) is 9.70. The van der Waals surface area contributed by atoms with Crippen LogP contribution in [0.2, 0.25) is 0 Å². The van der Waals surface area contributed by atoms with Crippen molar-refractivity contribution in [2.45, 2.75) is 39.2 Å². The van der Waals surface area contributed by atoms with Crippen LogP contribution in [0.4, 0.5) is 5.13 Å². The minimum Gasteiger partial charge on any atom is -0.348 e. The Morgan fingerprint density at radius 1 is 1.16 bits per heavy atom. The zero-order valence-corrected chi connectivity index (χ0v) is 18.7. The molecular formula is C23H26N4O3S. The molecule has 31 heavy (non-hydrogen) atoms. The molecule has 0 radical (unpaired) electrons. The summed E-state index contributed by atoms with van der Waals surface area (Å²) < 4.78 is 1.95. The van der Waals surface area contributed by atoms with Crippen LogP contribution in [0.1, 0.15) is 43.1 Å². The van der Waals surface area contributed by atoms with Gasteiger partial charge in [0.25, 0.3) is 5.91 Å². The largest absolute Gasteiger partial charge is 0.348 e. The molecule has 162 valence electrons.